The Morgan fingerprint density at radius 3 is 3.05 bits per heavy atom. The first-order chi connectivity index (χ1) is 9.58. The van der Waals surface area contributed by atoms with Gasteiger partial charge < -0.3 is 5.32 Å². The van der Waals surface area contributed by atoms with Crippen molar-refractivity contribution in [2.45, 2.75) is 13.0 Å². The largest absolute Gasteiger partial charge is 0.312 e. The van der Waals surface area contributed by atoms with Crippen molar-refractivity contribution in [3.63, 3.8) is 0 Å². The molecule has 0 unspecified atom stereocenters. The van der Waals surface area contributed by atoms with Crippen LogP contribution in [0.15, 0.2) is 18.2 Å². The van der Waals surface area contributed by atoms with E-state index in [-0.39, 0.29) is 5.69 Å². The summed E-state index contributed by atoms with van der Waals surface area (Å²) in [6, 6.07) is 4.44. The summed E-state index contributed by atoms with van der Waals surface area (Å²) in [7, 11) is 1.89. The number of non-ortho nitro benzene ring substituents is 1. The number of nitrogens with zero attached hydrogens (tertiary/aromatic N) is 3. The Morgan fingerprint density at radius 1 is 1.50 bits per heavy atom. The van der Waals surface area contributed by atoms with E-state index in [0.29, 0.717) is 17.1 Å². The summed E-state index contributed by atoms with van der Waals surface area (Å²) in [6.45, 7) is 1.62. The number of fused-ring (bicyclic) bond motifs is 1. The van der Waals surface area contributed by atoms with E-state index >= 15 is 0 Å². The van der Waals surface area contributed by atoms with Crippen molar-refractivity contribution in [1.29, 1.82) is 0 Å². The van der Waals surface area contributed by atoms with Gasteiger partial charge in [0.1, 0.15) is 0 Å². The number of aryl methyl sites for hydroxylation is 1. The molecule has 1 aliphatic heterocycles. The summed E-state index contributed by atoms with van der Waals surface area (Å²) in [6.07, 6.45) is 0.894. The second-order valence-corrected chi connectivity index (χ2v) is 5.15. The Kier molecular flexibility index (Phi) is 3.19. The minimum absolute atomic E-state index is 0.0209. The molecule has 0 amide bonds. The summed E-state index contributed by atoms with van der Waals surface area (Å²) in [4.78, 5) is 10.5. The van der Waals surface area contributed by atoms with Gasteiger partial charge in [-0.1, -0.05) is 11.6 Å². The van der Waals surface area contributed by atoms with E-state index in [9.17, 15) is 10.1 Å². The molecule has 1 aromatic heterocycles. The lowest BCUT2D eigenvalue weighted by atomic mass is 10.0. The molecular formula is C13H13ClN4O2. The van der Waals surface area contributed by atoms with E-state index in [1.54, 1.807) is 6.07 Å². The van der Waals surface area contributed by atoms with Crippen LogP contribution in [0.3, 0.4) is 0 Å². The van der Waals surface area contributed by atoms with E-state index < -0.39 is 4.92 Å². The molecular weight excluding hydrogens is 280 g/mol. The molecule has 0 saturated carbocycles. The van der Waals surface area contributed by atoms with Gasteiger partial charge in [0.15, 0.2) is 0 Å². The lowest BCUT2D eigenvalue weighted by Crippen LogP contribution is -2.24. The maximum Gasteiger partial charge on any atom is 0.270 e. The molecule has 6 nitrogen and oxygen atoms in total. The fourth-order valence-electron chi connectivity index (χ4n) is 2.55. The van der Waals surface area contributed by atoms with Gasteiger partial charge >= 0.3 is 0 Å². The van der Waals surface area contributed by atoms with Gasteiger partial charge in [0.05, 0.1) is 15.6 Å². The van der Waals surface area contributed by atoms with E-state index in [0.717, 1.165) is 29.9 Å². The van der Waals surface area contributed by atoms with Crippen molar-refractivity contribution >= 4 is 17.3 Å². The molecule has 1 aliphatic rings. The quantitative estimate of drug-likeness (QED) is 0.681. The van der Waals surface area contributed by atoms with Crippen LogP contribution in [-0.4, -0.2) is 21.2 Å². The zero-order chi connectivity index (χ0) is 14.3. The Morgan fingerprint density at radius 2 is 2.30 bits per heavy atom. The number of hydrogen-bond acceptors (Lipinski definition) is 4. The van der Waals surface area contributed by atoms with Crippen molar-refractivity contribution in [2.75, 3.05) is 6.54 Å². The molecule has 0 fully saturated rings. The number of nitro groups is 1. The minimum Gasteiger partial charge on any atom is -0.312 e. The normalized spacial score (nSPS) is 14.1. The monoisotopic (exact) mass is 292 g/mol. The molecule has 0 bridgehead atoms. The highest BCUT2D eigenvalue weighted by Gasteiger charge is 2.22. The molecule has 20 heavy (non-hydrogen) atoms. The SMILES string of the molecule is Cn1nc(-c2cc([N+](=O)[O-])ccc2Cl)c2c1CCNC2. The molecule has 2 aromatic rings. The topological polar surface area (TPSA) is 73.0 Å². The van der Waals surface area contributed by atoms with Gasteiger partial charge in [-0.3, -0.25) is 14.8 Å². The Bertz CT molecular complexity index is 696. The number of rotatable bonds is 2. The van der Waals surface area contributed by atoms with Gasteiger partial charge in [-0.2, -0.15) is 5.10 Å². The predicted molar refractivity (Wildman–Crippen MR) is 75.7 cm³/mol. The Labute approximate surface area is 120 Å². The number of benzene rings is 1. The fraction of sp³-hybridized carbons (Fsp3) is 0.308. The first-order valence-corrected chi connectivity index (χ1v) is 6.65. The van der Waals surface area contributed by atoms with Crippen LogP contribution < -0.4 is 5.32 Å². The van der Waals surface area contributed by atoms with Gasteiger partial charge in [0.2, 0.25) is 0 Å². The van der Waals surface area contributed by atoms with Gasteiger partial charge in [-0.15, -0.1) is 0 Å². The molecule has 0 saturated heterocycles. The highest BCUT2D eigenvalue weighted by molar-refractivity contribution is 6.33. The Hall–Kier alpha value is -1.92. The van der Waals surface area contributed by atoms with Crippen molar-refractivity contribution in [3.05, 3.63) is 44.6 Å². The summed E-state index contributed by atoms with van der Waals surface area (Å²) in [5.74, 6) is 0. The van der Waals surface area contributed by atoms with Crippen molar-refractivity contribution in [1.82, 2.24) is 15.1 Å². The summed E-state index contributed by atoms with van der Waals surface area (Å²) in [5, 5.41) is 19.2. The predicted octanol–water partition coefficient (Wildman–Crippen LogP) is 2.29. The summed E-state index contributed by atoms with van der Waals surface area (Å²) >= 11 is 6.19. The third-order valence-corrected chi connectivity index (χ3v) is 3.86. The third-order valence-electron chi connectivity index (χ3n) is 3.53. The number of nitro benzene ring substituents is 1. The molecule has 7 heteroatoms. The molecule has 2 heterocycles. The molecule has 1 N–H and O–H groups in total. The molecule has 0 aliphatic carbocycles. The maximum absolute atomic E-state index is 10.9. The number of aromatic nitrogens is 2. The number of nitrogens with one attached hydrogen (secondary N) is 1. The molecule has 104 valence electrons. The average molecular weight is 293 g/mol. The van der Waals surface area contributed by atoms with Crippen LogP contribution in [0.1, 0.15) is 11.3 Å². The smallest absolute Gasteiger partial charge is 0.270 e. The fourth-order valence-corrected chi connectivity index (χ4v) is 2.75. The van der Waals surface area contributed by atoms with Crippen LogP contribution in [0.4, 0.5) is 5.69 Å². The average Bonchev–Trinajstić information content (AvgIpc) is 2.77. The zero-order valence-electron chi connectivity index (χ0n) is 10.9. The highest BCUT2D eigenvalue weighted by atomic mass is 35.5. The first-order valence-electron chi connectivity index (χ1n) is 6.27. The third kappa shape index (κ3) is 2.07. The van der Waals surface area contributed by atoms with Gasteiger partial charge in [0.25, 0.3) is 5.69 Å². The van der Waals surface area contributed by atoms with E-state index in [1.165, 1.54) is 12.1 Å². The summed E-state index contributed by atoms with van der Waals surface area (Å²) in [5.41, 5.74) is 3.58. The van der Waals surface area contributed by atoms with Crippen LogP contribution in [0.2, 0.25) is 5.02 Å². The lowest BCUT2D eigenvalue weighted by Gasteiger charge is -2.14. The number of hydrogen-bond donors (Lipinski definition) is 1. The Balaban J connectivity index is 2.18. The molecule has 0 spiro atoms. The standard InChI is InChI=1S/C13H13ClN4O2/c1-17-12-4-5-15-7-10(12)13(16-17)9-6-8(18(19)20)2-3-11(9)14/h2-3,6,15H,4-5,7H2,1H3. The molecule has 3 rings (SSSR count). The molecule has 1 aromatic carbocycles. The van der Waals surface area contributed by atoms with Crippen molar-refractivity contribution < 1.29 is 4.92 Å². The van der Waals surface area contributed by atoms with E-state index in [1.807, 2.05) is 11.7 Å². The number of halogens is 1. The van der Waals surface area contributed by atoms with Gasteiger partial charge in [0, 0.05) is 55.5 Å². The van der Waals surface area contributed by atoms with Crippen LogP contribution in [0.5, 0.6) is 0 Å². The summed E-state index contributed by atoms with van der Waals surface area (Å²) < 4.78 is 1.83. The lowest BCUT2D eigenvalue weighted by molar-refractivity contribution is -0.384. The van der Waals surface area contributed by atoms with E-state index in [2.05, 4.69) is 10.4 Å². The zero-order valence-corrected chi connectivity index (χ0v) is 11.6. The van der Waals surface area contributed by atoms with Crippen LogP contribution in [0, 0.1) is 10.1 Å². The highest BCUT2D eigenvalue weighted by Crippen LogP contribution is 2.34. The van der Waals surface area contributed by atoms with Crippen LogP contribution in [-0.2, 0) is 20.0 Å². The minimum atomic E-state index is -0.423. The van der Waals surface area contributed by atoms with Gasteiger partial charge in [-0.25, -0.2) is 0 Å². The molecule has 0 radical (unpaired) electrons. The van der Waals surface area contributed by atoms with Crippen LogP contribution in [0.25, 0.3) is 11.3 Å². The first kappa shape index (κ1) is 13.1. The van der Waals surface area contributed by atoms with Crippen LogP contribution >= 0.6 is 11.6 Å². The van der Waals surface area contributed by atoms with Crippen molar-refractivity contribution in [3.8, 4) is 11.3 Å². The maximum atomic E-state index is 10.9. The second-order valence-electron chi connectivity index (χ2n) is 4.75. The van der Waals surface area contributed by atoms with Gasteiger partial charge in [-0.05, 0) is 6.07 Å². The van der Waals surface area contributed by atoms with E-state index in [4.69, 9.17) is 11.6 Å². The second kappa shape index (κ2) is 4.88. The molecule has 0 atom stereocenters. The van der Waals surface area contributed by atoms with Crippen molar-refractivity contribution in [2.24, 2.45) is 7.05 Å².